The molecule has 3 amide bonds. The number of para-hydroxylation sites is 1. The number of halogens is 4. The number of amides is 3. The lowest BCUT2D eigenvalue weighted by atomic mass is 9.95. The van der Waals surface area contributed by atoms with E-state index in [1.165, 1.54) is 17.9 Å². The van der Waals surface area contributed by atoms with Gasteiger partial charge in [-0.1, -0.05) is 30.3 Å². The van der Waals surface area contributed by atoms with Crippen molar-refractivity contribution < 1.29 is 27.6 Å². The van der Waals surface area contributed by atoms with Crippen molar-refractivity contribution in [1.82, 2.24) is 14.9 Å². The molecular weight excluding hydrogens is 597 g/mol. The highest BCUT2D eigenvalue weighted by molar-refractivity contribution is 6.34. The number of hydrogen-bond acceptors (Lipinski definition) is 6. The van der Waals surface area contributed by atoms with Crippen LogP contribution in [0.3, 0.4) is 0 Å². The Kier molecular flexibility index (Phi) is 7.35. The summed E-state index contributed by atoms with van der Waals surface area (Å²) >= 11 is 6.73. The molecule has 5 heterocycles. The number of carbonyl (C=O) groups excluding carboxylic acids is 3. The predicted molar refractivity (Wildman–Crippen MR) is 158 cm³/mol. The summed E-state index contributed by atoms with van der Waals surface area (Å²) in [5.41, 5.74) is 2.57. The van der Waals surface area contributed by atoms with Gasteiger partial charge in [-0.2, -0.15) is 13.2 Å². The van der Waals surface area contributed by atoms with E-state index in [0.29, 0.717) is 35.2 Å². The van der Waals surface area contributed by atoms with E-state index in [0.717, 1.165) is 28.3 Å². The van der Waals surface area contributed by atoms with Gasteiger partial charge in [0.1, 0.15) is 11.9 Å². The minimum atomic E-state index is -4.66. The van der Waals surface area contributed by atoms with Crippen LogP contribution in [0.1, 0.15) is 34.6 Å². The third-order valence-electron chi connectivity index (χ3n) is 8.29. The SMILES string of the molecule is C=CC(=O)N1Cc2ccc(CN3C[C@H]4CC(=O)N(c5cc(C(F)(F)F)cc(C)n5)[C@@H]4C(=O)N(C)c4cccc(Cl)c43)nc2C1. The molecule has 2 aromatic heterocycles. The number of pyridine rings is 2. The van der Waals surface area contributed by atoms with Gasteiger partial charge in [-0.3, -0.25) is 24.3 Å². The molecule has 1 saturated heterocycles. The largest absolute Gasteiger partial charge is 0.416 e. The highest BCUT2D eigenvalue weighted by Crippen LogP contribution is 2.43. The number of carbonyl (C=O) groups is 3. The molecule has 1 aromatic carbocycles. The number of hydrogen-bond donors (Lipinski definition) is 0. The highest BCUT2D eigenvalue weighted by Gasteiger charge is 2.49. The summed E-state index contributed by atoms with van der Waals surface area (Å²) in [5.74, 6) is -1.94. The zero-order valence-corrected chi connectivity index (χ0v) is 24.7. The van der Waals surface area contributed by atoms with Gasteiger partial charge in [-0.25, -0.2) is 4.98 Å². The summed E-state index contributed by atoms with van der Waals surface area (Å²) in [6, 6.07) is 9.56. The van der Waals surface area contributed by atoms with E-state index >= 15 is 0 Å². The van der Waals surface area contributed by atoms with Crippen molar-refractivity contribution in [3.8, 4) is 0 Å². The maximum atomic E-state index is 14.0. The Morgan fingerprint density at radius 1 is 1.14 bits per heavy atom. The van der Waals surface area contributed by atoms with Crippen molar-refractivity contribution in [2.24, 2.45) is 5.92 Å². The lowest BCUT2D eigenvalue weighted by Gasteiger charge is -2.39. The van der Waals surface area contributed by atoms with Gasteiger partial charge in [0, 0.05) is 38.2 Å². The van der Waals surface area contributed by atoms with Crippen LogP contribution in [0, 0.1) is 12.8 Å². The Bertz CT molecular complexity index is 1710. The summed E-state index contributed by atoms with van der Waals surface area (Å²) in [7, 11) is 1.56. The molecule has 0 radical (unpaired) electrons. The molecule has 3 aliphatic rings. The summed E-state index contributed by atoms with van der Waals surface area (Å²) in [6.07, 6.45) is -3.46. The number of rotatable bonds is 4. The Hall–Kier alpha value is -4.45. The van der Waals surface area contributed by atoms with E-state index in [1.807, 2.05) is 17.0 Å². The van der Waals surface area contributed by atoms with E-state index in [1.54, 1.807) is 30.1 Å². The Balaban J connectivity index is 1.39. The first-order valence-electron chi connectivity index (χ1n) is 13.9. The summed E-state index contributed by atoms with van der Waals surface area (Å²) in [6.45, 7) is 6.21. The summed E-state index contributed by atoms with van der Waals surface area (Å²) in [5, 5.41) is 0.390. The lowest BCUT2D eigenvalue weighted by Crippen LogP contribution is -2.52. The molecule has 228 valence electrons. The first kappa shape index (κ1) is 29.6. The fourth-order valence-electron chi connectivity index (χ4n) is 6.27. The maximum Gasteiger partial charge on any atom is 0.416 e. The van der Waals surface area contributed by atoms with Crippen LogP contribution in [-0.2, 0) is 40.2 Å². The van der Waals surface area contributed by atoms with Crippen molar-refractivity contribution in [3.63, 3.8) is 0 Å². The number of likely N-dealkylation sites (N-methyl/N-ethyl adjacent to an activating group) is 1. The van der Waals surface area contributed by atoms with Crippen molar-refractivity contribution in [2.45, 2.75) is 45.2 Å². The smallest absolute Gasteiger partial charge is 0.362 e. The molecule has 0 saturated carbocycles. The van der Waals surface area contributed by atoms with Crippen LogP contribution in [0.4, 0.5) is 30.4 Å². The molecule has 0 spiro atoms. The van der Waals surface area contributed by atoms with E-state index < -0.39 is 35.5 Å². The molecule has 9 nitrogen and oxygen atoms in total. The molecule has 3 aliphatic heterocycles. The van der Waals surface area contributed by atoms with Crippen molar-refractivity contribution >= 4 is 46.5 Å². The van der Waals surface area contributed by atoms with Gasteiger partial charge in [0.15, 0.2) is 0 Å². The minimum Gasteiger partial charge on any atom is -0.362 e. The number of nitrogens with zero attached hydrogens (tertiary/aromatic N) is 6. The van der Waals surface area contributed by atoms with Crippen LogP contribution in [-0.4, -0.2) is 52.2 Å². The van der Waals surface area contributed by atoms with Crippen LogP contribution in [0.25, 0.3) is 0 Å². The van der Waals surface area contributed by atoms with Crippen molar-refractivity contribution in [2.75, 3.05) is 28.3 Å². The number of anilines is 3. The quantitative estimate of drug-likeness (QED) is 0.384. The third-order valence-corrected chi connectivity index (χ3v) is 8.60. The molecular formula is C31H28ClF3N6O3. The average molecular weight is 625 g/mol. The van der Waals surface area contributed by atoms with Crippen molar-refractivity contribution in [3.05, 3.63) is 88.4 Å². The molecule has 1 fully saturated rings. The first-order valence-corrected chi connectivity index (χ1v) is 14.3. The molecule has 13 heteroatoms. The van der Waals surface area contributed by atoms with Crippen molar-refractivity contribution in [1.29, 1.82) is 0 Å². The fraction of sp³-hybridized carbons (Fsp3) is 0.323. The van der Waals surface area contributed by atoms with Gasteiger partial charge >= 0.3 is 6.18 Å². The van der Waals surface area contributed by atoms with Gasteiger partial charge in [0.05, 0.1) is 46.4 Å². The predicted octanol–water partition coefficient (Wildman–Crippen LogP) is 4.89. The summed E-state index contributed by atoms with van der Waals surface area (Å²) < 4.78 is 41.1. The van der Waals surface area contributed by atoms with Gasteiger partial charge in [0.25, 0.3) is 0 Å². The number of fused-ring (bicyclic) bond motifs is 3. The Morgan fingerprint density at radius 2 is 1.91 bits per heavy atom. The molecule has 0 aliphatic carbocycles. The van der Waals surface area contributed by atoms with E-state index in [4.69, 9.17) is 16.6 Å². The second kappa shape index (κ2) is 10.9. The van der Waals surface area contributed by atoms with Gasteiger partial charge in [0.2, 0.25) is 17.7 Å². The van der Waals surface area contributed by atoms with E-state index in [-0.39, 0.29) is 36.9 Å². The molecule has 44 heavy (non-hydrogen) atoms. The van der Waals surface area contributed by atoms with E-state index in [9.17, 15) is 27.6 Å². The normalized spacial score (nSPS) is 19.9. The van der Waals surface area contributed by atoms with Gasteiger partial charge < -0.3 is 14.7 Å². The van der Waals surface area contributed by atoms with Gasteiger partial charge in [-0.05, 0) is 48.9 Å². The van der Waals surface area contributed by atoms with Crippen LogP contribution in [0.2, 0.25) is 5.02 Å². The second-order valence-corrected chi connectivity index (χ2v) is 11.6. The van der Waals surface area contributed by atoms with Crippen LogP contribution in [0.5, 0.6) is 0 Å². The van der Waals surface area contributed by atoms with Crippen LogP contribution >= 0.6 is 11.6 Å². The average Bonchev–Trinajstić information content (AvgIpc) is 3.54. The zero-order chi connectivity index (χ0) is 31.5. The van der Waals surface area contributed by atoms with Gasteiger partial charge in [-0.15, -0.1) is 0 Å². The number of alkyl halides is 3. The van der Waals surface area contributed by atoms with Crippen LogP contribution < -0.4 is 14.7 Å². The molecule has 6 rings (SSSR count). The maximum absolute atomic E-state index is 14.0. The third kappa shape index (κ3) is 5.17. The van der Waals surface area contributed by atoms with Crippen LogP contribution in [0.15, 0.2) is 55.1 Å². The Labute approximate surface area is 256 Å². The topological polar surface area (TPSA) is 90.0 Å². The molecule has 3 aromatic rings. The molecule has 2 atom stereocenters. The number of aromatic nitrogens is 2. The molecule has 0 N–H and O–H groups in total. The number of aryl methyl sites for hydroxylation is 1. The lowest BCUT2D eigenvalue weighted by molar-refractivity contribution is -0.137. The second-order valence-electron chi connectivity index (χ2n) is 11.2. The van der Waals surface area contributed by atoms with E-state index in [2.05, 4.69) is 11.6 Å². The Morgan fingerprint density at radius 3 is 2.64 bits per heavy atom. The monoisotopic (exact) mass is 624 g/mol. The summed E-state index contributed by atoms with van der Waals surface area (Å²) in [4.78, 5) is 54.8. The molecule has 0 bridgehead atoms. The highest BCUT2D eigenvalue weighted by atomic mass is 35.5. The molecule has 0 unspecified atom stereocenters. The standard InChI is InChI=1S/C31H28ClF3N6O3/c1-4-26(42)39-13-18-8-9-21(37-23(18)16-39)15-40-14-19-11-27(43)41(25-12-20(31(33,34)35)10-17(2)36-25)28(19)30(44)38(3)24-7-5-6-22(32)29(24)40/h4-10,12,19,28H,1,11,13-16H2,2-3H3/t19-,28+/m1/s1. The first-order chi connectivity index (χ1) is 20.8. The minimum absolute atomic E-state index is 0.0756. The fourth-order valence-corrected chi connectivity index (χ4v) is 6.56. The number of benzene rings is 1. The zero-order valence-electron chi connectivity index (χ0n) is 23.9.